The zero-order valence-corrected chi connectivity index (χ0v) is 18.5. The lowest BCUT2D eigenvalue weighted by Crippen LogP contribution is -2.48. The Morgan fingerprint density at radius 2 is 1.82 bits per heavy atom. The Kier molecular flexibility index (Phi) is 8.67. The van der Waals surface area contributed by atoms with E-state index in [-0.39, 0.29) is 24.1 Å². The summed E-state index contributed by atoms with van der Waals surface area (Å²) >= 11 is 13.7. The first-order valence-corrected chi connectivity index (χ1v) is 10.7. The molecule has 2 aromatic carbocycles. The number of nitrogens with zero attached hydrogens (tertiary/aromatic N) is 1. The van der Waals surface area contributed by atoms with E-state index in [1.54, 1.807) is 30.1 Å². The molecule has 0 spiro atoms. The van der Waals surface area contributed by atoms with Crippen molar-refractivity contribution in [1.29, 1.82) is 0 Å². The van der Waals surface area contributed by atoms with Crippen LogP contribution in [0, 0.1) is 6.92 Å². The number of amides is 2. The summed E-state index contributed by atoms with van der Waals surface area (Å²) in [4.78, 5) is 28.0. The topological polar surface area (TPSA) is 49.4 Å². The van der Waals surface area contributed by atoms with Gasteiger partial charge in [-0.1, -0.05) is 53.9 Å². The van der Waals surface area contributed by atoms with Crippen molar-refractivity contribution in [2.75, 3.05) is 12.8 Å². The Hall–Kier alpha value is -1.69. The van der Waals surface area contributed by atoms with Crippen molar-refractivity contribution in [2.45, 2.75) is 37.8 Å². The minimum atomic E-state index is -0.567. The Balaban J connectivity index is 2.21. The van der Waals surface area contributed by atoms with Gasteiger partial charge in [0.1, 0.15) is 6.04 Å². The Morgan fingerprint density at radius 3 is 2.39 bits per heavy atom. The van der Waals surface area contributed by atoms with Crippen LogP contribution in [0.15, 0.2) is 47.4 Å². The number of nitrogens with one attached hydrogen (secondary N) is 1. The maximum absolute atomic E-state index is 13.0. The van der Waals surface area contributed by atoms with Crippen LogP contribution in [0.4, 0.5) is 0 Å². The van der Waals surface area contributed by atoms with Crippen LogP contribution < -0.4 is 5.32 Å². The highest BCUT2D eigenvalue weighted by Gasteiger charge is 2.28. The van der Waals surface area contributed by atoms with E-state index in [0.29, 0.717) is 16.5 Å². The van der Waals surface area contributed by atoms with E-state index in [9.17, 15) is 9.59 Å². The third-order valence-corrected chi connectivity index (χ3v) is 5.96. The normalized spacial score (nSPS) is 11.8. The molecule has 0 aromatic heterocycles. The minimum Gasteiger partial charge on any atom is -0.357 e. The van der Waals surface area contributed by atoms with Crippen LogP contribution >= 0.6 is 35.0 Å². The molecular formula is C21H24Cl2N2O2S. The fraction of sp³-hybridized carbons (Fsp3) is 0.333. The first kappa shape index (κ1) is 22.6. The minimum absolute atomic E-state index is 0.118. The molecule has 28 heavy (non-hydrogen) atoms. The number of thioether (sulfide) groups is 1. The standard InChI is InChI=1S/C21H24Cl2N2O2S/c1-4-19(21(27)24-3)25(12-15-7-8-16(22)11-18(15)23)20(26)13-28-17-9-5-14(2)6-10-17/h5-11,19H,4,12-13H2,1-3H3,(H,24,27)/t19-/m0/s1. The van der Waals surface area contributed by atoms with Crippen LogP contribution in [-0.2, 0) is 16.1 Å². The molecule has 0 aliphatic rings. The van der Waals surface area contributed by atoms with E-state index in [0.717, 1.165) is 10.5 Å². The molecule has 150 valence electrons. The highest BCUT2D eigenvalue weighted by molar-refractivity contribution is 8.00. The molecule has 2 rings (SSSR count). The van der Waals surface area contributed by atoms with Gasteiger partial charge in [0.15, 0.2) is 0 Å². The van der Waals surface area contributed by atoms with E-state index in [4.69, 9.17) is 23.2 Å². The van der Waals surface area contributed by atoms with Gasteiger partial charge >= 0.3 is 0 Å². The lowest BCUT2D eigenvalue weighted by atomic mass is 10.1. The van der Waals surface area contributed by atoms with Crippen molar-refractivity contribution < 1.29 is 9.59 Å². The molecule has 0 unspecified atom stereocenters. The van der Waals surface area contributed by atoms with Crippen molar-refractivity contribution in [2.24, 2.45) is 0 Å². The van der Waals surface area contributed by atoms with Crippen LogP contribution in [0.5, 0.6) is 0 Å². The summed E-state index contributed by atoms with van der Waals surface area (Å²) in [5.41, 5.74) is 1.92. The number of likely N-dealkylation sites (N-methyl/N-ethyl adjacent to an activating group) is 1. The Labute approximate surface area is 180 Å². The maximum atomic E-state index is 13.0. The molecule has 0 radical (unpaired) electrons. The number of carbonyl (C=O) groups excluding carboxylic acids is 2. The molecule has 1 atom stereocenters. The predicted molar refractivity (Wildman–Crippen MR) is 117 cm³/mol. The van der Waals surface area contributed by atoms with Crippen molar-refractivity contribution in [3.63, 3.8) is 0 Å². The number of halogens is 2. The zero-order valence-electron chi connectivity index (χ0n) is 16.2. The monoisotopic (exact) mass is 438 g/mol. The molecular weight excluding hydrogens is 415 g/mol. The zero-order chi connectivity index (χ0) is 20.7. The van der Waals surface area contributed by atoms with Crippen LogP contribution in [0.25, 0.3) is 0 Å². The first-order chi connectivity index (χ1) is 13.3. The molecule has 7 heteroatoms. The smallest absolute Gasteiger partial charge is 0.242 e. The molecule has 2 amide bonds. The van der Waals surface area contributed by atoms with Crippen LogP contribution in [0.3, 0.4) is 0 Å². The second-order valence-electron chi connectivity index (χ2n) is 6.40. The predicted octanol–water partition coefficient (Wildman–Crippen LogP) is 4.95. The summed E-state index contributed by atoms with van der Waals surface area (Å²) in [6, 6.07) is 12.6. The van der Waals surface area contributed by atoms with E-state index in [1.807, 2.05) is 38.1 Å². The quantitative estimate of drug-likeness (QED) is 0.593. The van der Waals surface area contributed by atoms with Crippen molar-refractivity contribution in [3.05, 3.63) is 63.6 Å². The molecule has 0 bridgehead atoms. The SMILES string of the molecule is CC[C@@H](C(=O)NC)N(Cc1ccc(Cl)cc1Cl)C(=O)CSc1ccc(C)cc1. The second-order valence-corrected chi connectivity index (χ2v) is 8.29. The van der Waals surface area contributed by atoms with E-state index in [1.165, 1.54) is 17.3 Å². The number of aryl methyl sites for hydroxylation is 1. The molecule has 0 aliphatic carbocycles. The van der Waals surface area contributed by atoms with E-state index < -0.39 is 6.04 Å². The molecule has 4 nitrogen and oxygen atoms in total. The third-order valence-electron chi connectivity index (χ3n) is 4.37. The molecule has 0 aliphatic heterocycles. The van der Waals surface area contributed by atoms with Gasteiger partial charge < -0.3 is 10.2 Å². The third kappa shape index (κ3) is 6.16. The van der Waals surface area contributed by atoms with Crippen molar-refractivity contribution in [1.82, 2.24) is 10.2 Å². The number of rotatable bonds is 8. The number of hydrogen-bond acceptors (Lipinski definition) is 3. The highest BCUT2D eigenvalue weighted by Crippen LogP contribution is 2.25. The van der Waals surface area contributed by atoms with Gasteiger partial charge in [-0.25, -0.2) is 0 Å². The van der Waals surface area contributed by atoms with Gasteiger partial charge in [-0.3, -0.25) is 9.59 Å². The molecule has 0 fully saturated rings. The Bertz CT molecular complexity index is 828. The molecule has 0 heterocycles. The van der Waals surface area contributed by atoms with Crippen LogP contribution in [0.2, 0.25) is 10.0 Å². The second kappa shape index (κ2) is 10.7. The summed E-state index contributed by atoms with van der Waals surface area (Å²) in [6.07, 6.45) is 0.506. The number of benzene rings is 2. The summed E-state index contributed by atoms with van der Waals surface area (Å²) in [5.74, 6) is -0.0739. The molecule has 0 saturated heterocycles. The average Bonchev–Trinajstić information content (AvgIpc) is 2.68. The van der Waals surface area contributed by atoms with Gasteiger partial charge in [0.25, 0.3) is 0 Å². The fourth-order valence-electron chi connectivity index (χ4n) is 2.78. The molecule has 2 aromatic rings. The molecule has 1 N–H and O–H groups in total. The Morgan fingerprint density at radius 1 is 1.14 bits per heavy atom. The molecule has 0 saturated carbocycles. The van der Waals surface area contributed by atoms with Crippen LogP contribution in [0.1, 0.15) is 24.5 Å². The summed E-state index contributed by atoms with van der Waals surface area (Å²) in [6.45, 7) is 4.15. The lowest BCUT2D eigenvalue weighted by molar-refractivity contribution is -0.139. The van der Waals surface area contributed by atoms with Gasteiger partial charge in [-0.2, -0.15) is 0 Å². The van der Waals surface area contributed by atoms with E-state index >= 15 is 0 Å². The summed E-state index contributed by atoms with van der Waals surface area (Å²) in [5, 5.41) is 3.65. The van der Waals surface area contributed by atoms with Gasteiger partial charge in [0, 0.05) is 28.5 Å². The maximum Gasteiger partial charge on any atom is 0.242 e. The van der Waals surface area contributed by atoms with Gasteiger partial charge in [-0.15, -0.1) is 11.8 Å². The van der Waals surface area contributed by atoms with Crippen LogP contribution in [-0.4, -0.2) is 35.6 Å². The van der Waals surface area contributed by atoms with Crippen molar-refractivity contribution >= 4 is 46.8 Å². The fourth-order valence-corrected chi connectivity index (χ4v) is 4.03. The highest BCUT2D eigenvalue weighted by atomic mass is 35.5. The number of hydrogen-bond donors (Lipinski definition) is 1. The van der Waals surface area contributed by atoms with E-state index in [2.05, 4.69) is 5.32 Å². The lowest BCUT2D eigenvalue weighted by Gasteiger charge is -2.30. The van der Waals surface area contributed by atoms with Gasteiger partial charge in [0.05, 0.1) is 5.75 Å². The first-order valence-electron chi connectivity index (χ1n) is 9.00. The number of carbonyl (C=O) groups is 2. The summed E-state index contributed by atoms with van der Waals surface area (Å²) < 4.78 is 0. The van der Waals surface area contributed by atoms with Gasteiger partial charge in [0.2, 0.25) is 11.8 Å². The van der Waals surface area contributed by atoms with Crippen molar-refractivity contribution in [3.8, 4) is 0 Å². The largest absolute Gasteiger partial charge is 0.357 e. The van der Waals surface area contributed by atoms with Gasteiger partial charge in [-0.05, 0) is 43.2 Å². The summed E-state index contributed by atoms with van der Waals surface area (Å²) in [7, 11) is 1.57. The average molecular weight is 439 g/mol.